The van der Waals surface area contributed by atoms with E-state index >= 15 is 0 Å². The monoisotopic (exact) mass is 324 g/mol. The molecule has 1 aliphatic heterocycles. The third-order valence-electron chi connectivity index (χ3n) is 4.58. The molecule has 0 saturated carbocycles. The van der Waals surface area contributed by atoms with Gasteiger partial charge < -0.3 is 10.6 Å². The fourth-order valence-electron chi connectivity index (χ4n) is 3.39. The number of fused-ring (bicyclic) bond motifs is 3. The van der Waals surface area contributed by atoms with Crippen molar-refractivity contribution in [1.29, 1.82) is 0 Å². The van der Waals surface area contributed by atoms with Crippen molar-refractivity contribution in [3.05, 3.63) is 58.1 Å². The van der Waals surface area contributed by atoms with Gasteiger partial charge in [0.15, 0.2) is 0 Å². The summed E-state index contributed by atoms with van der Waals surface area (Å²) >= 11 is 1.76. The summed E-state index contributed by atoms with van der Waals surface area (Å²) in [5, 5.41) is 7.47. The molecule has 0 fully saturated rings. The number of anilines is 1. The molecular weight excluding hydrogens is 304 g/mol. The van der Waals surface area contributed by atoms with Crippen LogP contribution in [0, 0.1) is 0 Å². The number of carbonyl (C=O) groups is 1. The van der Waals surface area contributed by atoms with Crippen molar-refractivity contribution in [1.82, 2.24) is 5.32 Å². The lowest BCUT2D eigenvalue weighted by atomic mass is 9.96. The van der Waals surface area contributed by atoms with Crippen LogP contribution in [0.3, 0.4) is 0 Å². The highest BCUT2D eigenvalue weighted by atomic mass is 32.1. The molecule has 1 aliphatic carbocycles. The molecule has 118 valence electrons. The van der Waals surface area contributed by atoms with E-state index in [1.165, 1.54) is 36.1 Å². The van der Waals surface area contributed by atoms with E-state index in [0.717, 1.165) is 34.7 Å². The average molecular weight is 324 g/mol. The number of aryl methyl sites for hydroxylation is 1. The zero-order valence-electron chi connectivity index (χ0n) is 13.0. The summed E-state index contributed by atoms with van der Waals surface area (Å²) in [6.45, 7) is 0. The normalized spacial score (nSPS) is 17.6. The summed E-state index contributed by atoms with van der Waals surface area (Å²) < 4.78 is 0. The molecule has 3 nitrogen and oxygen atoms in total. The molecule has 1 aromatic carbocycles. The molecule has 23 heavy (non-hydrogen) atoms. The maximum atomic E-state index is 12.8. The summed E-state index contributed by atoms with van der Waals surface area (Å²) in [7, 11) is 0. The molecule has 2 heterocycles. The van der Waals surface area contributed by atoms with Crippen LogP contribution in [-0.4, -0.2) is 5.91 Å². The second-order valence-electron chi connectivity index (χ2n) is 6.14. The zero-order valence-corrected chi connectivity index (χ0v) is 13.8. The van der Waals surface area contributed by atoms with Gasteiger partial charge in [0.1, 0.15) is 5.00 Å². The minimum Gasteiger partial charge on any atom is -0.351 e. The van der Waals surface area contributed by atoms with Gasteiger partial charge in [-0.25, -0.2) is 0 Å². The minimum absolute atomic E-state index is 0.0261. The van der Waals surface area contributed by atoms with E-state index in [0.29, 0.717) is 0 Å². The van der Waals surface area contributed by atoms with Crippen molar-refractivity contribution >= 4 is 27.9 Å². The topological polar surface area (TPSA) is 41.1 Å². The molecule has 4 heteroatoms. The van der Waals surface area contributed by atoms with Gasteiger partial charge in [-0.15, -0.1) is 11.3 Å². The Kier molecular flexibility index (Phi) is 3.92. The summed E-state index contributed by atoms with van der Waals surface area (Å²) in [6.07, 6.45) is 9.05. The summed E-state index contributed by atoms with van der Waals surface area (Å²) in [4.78, 5) is 14.2. The van der Waals surface area contributed by atoms with Crippen LogP contribution >= 0.6 is 11.3 Å². The zero-order chi connectivity index (χ0) is 15.6. The fourth-order valence-corrected chi connectivity index (χ4v) is 4.65. The lowest BCUT2D eigenvalue weighted by Gasteiger charge is -2.12. The molecule has 2 aliphatic rings. The van der Waals surface area contributed by atoms with Gasteiger partial charge in [0.2, 0.25) is 0 Å². The van der Waals surface area contributed by atoms with Crippen molar-refractivity contribution in [3.63, 3.8) is 0 Å². The van der Waals surface area contributed by atoms with E-state index in [1.54, 1.807) is 11.3 Å². The quantitative estimate of drug-likeness (QED) is 0.807. The van der Waals surface area contributed by atoms with E-state index in [1.807, 2.05) is 36.5 Å². The Bertz CT molecular complexity index is 761. The molecule has 2 N–H and O–H groups in total. The summed E-state index contributed by atoms with van der Waals surface area (Å²) in [5.74, 6) is 0.0261. The van der Waals surface area contributed by atoms with E-state index in [2.05, 4.69) is 10.6 Å². The summed E-state index contributed by atoms with van der Waals surface area (Å²) in [5.41, 5.74) is 4.00. The predicted octanol–water partition coefficient (Wildman–Crippen LogP) is 4.56. The lowest BCUT2D eigenvalue weighted by molar-refractivity contribution is 0.0974. The smallest absolute Gasteiger partial charge is 0.259 e. The second-order valence-corrected chi connectivity index (χ2v) is 7.25. The number of hydrogen-bond donors (Lipinski definition) is 2. The molecule has 0 spiro atoms. The van der Waals surface area contributed by atoms with Crippen LogP contribution in [0.4, 0.5) is 5.00 Å². The number of thiophene rings is 1. The third kappa shape index (κ3) is 2.79. The van der Waals surface area contributed by atoms with Gasteiger partial charge >= 0.3 is 0 Å². The van der Waals surface area contributed by atoms with Crippen LogP contribution in [0.5, 0.6) is 0 Å². The average Bonchev–Trinajstić information content (AvgIpc) is 2.79. The number of carbonyl (C=O) groups excluding carboxylic acids is 1. The van der Waals surface area contributed by atoms with E-state index in [-0.39, 0.29) is 5.91 Å². The van der Waals surface area contributed by atoms with Gasteiger partial charge in [0.05, 0.1) is 11.3 Å². The highest BCUT2D eigenvalue weighted by Gasteiger charge is 2.26. The molecule has 0 atom stereocenters. The van der Waals surface area contributed by atoms with Gasteiger partial charge in [0.25, 0.3) is 5.91 Å². The van der Waals surface area contributed by atoms with Gasteiger partial charge in [-0.3, -0.25) is 4.79 Å². The maximum absolute atomic E-state index is 12.8. The number of nitrogens with one attached hydrogen (secondary N) is 2. The molecule has 4 rings (SSSR count). The Morgan fingerprint density at radius 2 is 1.74 bits per heavy atom. The highest BCUT2D eigenvalue weighted by molar-refractivity contribution is 7.16. The Morgan fingerprint density at radius 3 is 2.57 bits per heavy atom. The van der Waals surface area contributed by atoms with Gasteiger partial charge in [-0.05, 0) is 36.8 Å². The number of benzene rings is 1. The maximum Gasteiger partial charge on any atom is 0.259 e. The van der Waals surface area contributed by atoms with Gasteiger partial charge in [0, 0.05) is 11.1 Å². The van der Waals surface area contributed by atoms with Crippen LogP contribution in [0.1, 0.15) is 52.0 Å². The van der Waals surface area contributed by atoms with Crippen molar-refractivity contribution in [2.75, 3.05) is 5.32 Å². The number of rotatable bonds is 1. The molecule has 2 aromatic rings. The lowest BCUT2D eigenvalue weighted by Crippen LogP contribution is -2.22. The van der Waals surface area contributed by atoms with E-state index in [9.17, 15) is 4.79 Å². The van der Waals surface area contributed by atoms with Gasteiger partial charge in [-0.2, -0.15) is 0 Å². The molecule has 0 unspecified atom stereocenters. The van der Waals surface area contributed by atoms with Gasteiger partial charge in [-0.1, -0.05) is 43.2 Å². The van der Waals surface area contributed by atoms with Crippen molar-refractivity contribution in [3.8, 4) is 0 Å². The van der Waals surface area contributed by atoms with Crippen LogP contribution < -0.4 is 10.6 Å². The standard InChI is InChI=1S/C19H20N2OS/c22-18-17-14-10-6-1-2-7-11-16(14)23-19(17)20-12-15(21-18)13-8-4-3-5-9-13/h3-5,8-9,12,20H,1-2,6-7,10-11H2,(H,21,22). The number of hydrogen-bond acceptors (Lipinski definition) is 3. The predicted molar refractivity (Wildman–Crippen MR) is 95.7 cm³/mol. The van der Waals surface area contributed by atoms with Crippen LogP contribution in [0.2, 0.25) is 0 Å². The minimum atomic E-state index is 0.0261. The van der Waals surface area contributed by atoms with Crippen LogP contribution in [-0.2, 0) is 12.8 Å². The largest absolute Gasteiger partial charge is 0.351 e. The molecule has 0 saturated heterocycles. The Hall–Kier alpha value is -2.07. The van der Waals surface area contributed by atoms with Crippen molar-refractivity contribution < 1.29 is 4.79 Å². The molecule has 0 radical (unpaired) electrons. The molecule has 1 amide bonds. The molecular formula is C19H20N2OS. The SMILES string of the molecule is O=C1NC(c2ccccc2)=CNc2sc3c(c21)CCCCCC3. The third-order valence-corrected chi connectivity index (χ3v) is 5.80. The summed E-state index contributed by atoms with van der Waals surface area (Å²) in [6, 6.07) is 9.97. The first-order chi connectivity index (χ1) is 11.3. The molecule has 0 bridgehead atoms. The number of amides is 1. The van der Waals surface area contributed by atoms with E-state index < -0.39 is 0 Å². The fraction of sp³-hybridized carbons (Fsp3) is 0.316. The highest BCUT2D eigenvalue weighted by Crippen LogP contribution is 2.38. The first-order valence-corrected chi connectivity index (χ1v) is 9.12. The Morgan fingerprint density at radius 1 is 0.957 bits per heavy atom. The van der Waals surface area contributed by atoms with Crippen LogP contribution in [0.25, 0.3) is 5.70 Å². The van der Waals surface area contributed by atoms with Crippen molar-refractivity contribution in [2.24, 2.45) is 0 Å². The first kappa shape index (κ1) is 14.5. The Labute approximate surface area is 140 Å². The second kappa shape index (κ2) is 6.20. The van der Waals surface area contributed by atoms with Crippen LogP contribution in [0.15, 0.2) is 36.5 Å². The molecule has 1 aromatic heterocycles. The van der Waals surface area contributed by atoms with Crippen molar-refractivity contribution in [2.45, 2.75) is 38.5 Å². The first-order valence-electron chi connectivity index (χ1n) is 8.31. The Balaban J connectivity index is 1.71. The van der Waals surface area contributed by atoms with E-state index in [4.69, 9.17) is 0 Å².